The van der Waals surface area contributed by atoms with Crippen LogP contribution >= 0.6 is 0 Å². The minimum atomic E-state index is 0.422. The summed E-state index contributed by atoms with van der Waals surface area (Å²) >= 11 is 0. The van der Waals surface area contributed by atoms with Gasteiger partial charge in [0.15, 0.2) is 5.96 Å². The Balaban J connectivity index is 3.67. The Bertz CT molecular complexity index is 181. The third kappa shape index (κ3) is 9.77. The molecule has 0 aliphatic rings. The maximum absolute atomic E-state index is 5.00. The van der Waals surface area contributed by atoms with Crippen LogP contribution in [0.25, 0.3) is 0 Å². The van der Waals surface area contributed by atoms with Crippen LogP contribution in [0.2, 0.25) is 0 Å². The van der Waals surface area contributed by atoms with Crippen molar-refractivity contribution >= 4 is 5.96 Å². The quantitative estimate of drug-likeness (QED) is 0.379. The SMILES string of the molecule is CCNC(=NCCCCCOC)NC(C)C. The van der Waals surface area contributed by atoms with Crippen molar-refractivity contribution in [1.29, 1.82) is 0 Å². The van der Waals surface area contributed by atoms with Gasteiger partial charge in [0.05, 0.1) is 0 Å². The highest BCUT2D eigenvalue weighted by Crippen LogP contribution is 1.95. The highest BCUT2D eigenvalue weighted by atomic mass is 16.5. The van der Waals surface area contributed by atoms with Gasteiger partial charge < -0.3 is 15.4 Å². The molecule has 0 aliphatic heterocycles. The summed E-state index contributed by atoms with van der Waals surface area (Å²) in [5.74, 6) is 0.921. The molecule has 0 atom stereocenters. The van der Waals surface area contributed by atoms with E-state index in [1.165, 1.54) is 6.42 Å². The smallest absolute Gasteiger partial charge is 0.191 e. The summed E-state index contributed by atoms with van der Waals surface area (Å²) in [5.41, 5.74) is 0. The molecule has 0 aromatic rings. The summed E-state index contributed by atoms with van der Waals surface area (Å²) in [6, 6.07) is 0.422. The molecule has 2 N–H and O–H groups in total. The fourth-order valence-corrected chi connectivity index (χ4v) is 1.32. The van der Waals surface area contributed by atoms with Gasteiger partial charge in [-0.15, -0.1) is 0 Å². The topological polar surface area (TPSA) is 45.7 Å². The molecule has 0 aliphatic carbocycles. The third-order valence-corrected chi connectivity index (χ3v) is 2.05. The summed E-state index contributed by atoms with van der Waals surface area (Å²) in [4.78, 5) is 4.50. The lowest BCUT2D eigenvalue weighted by molar-refractivity contribution is 0.192. The van der Waals surface area contributed by atoms with Crippen LogP contribution in [0.15, 0.2) is 4.99 Å². The third-order valence-electron chi connectivity index (χ3n) is 2.05. The van der Waals surface area contributed by atoms with Crippen LogP contribution in [0.5, 0.6) is 0 Å². The van der Waals surface area contributed by atoms with Crippen LogP contribution < -0.4 is 10.6 Å². The number of nitrogens with zero attached hydrogens (tertiary/aromatic N) is 1. The number of hydrogen-bond acceptors (Lipinski definition) is 2. The lowest BCUT2D eigenvalue weighted by atomic mass is 10.2. The van der Waals surface area contributed by atoms with Gasteiger partial charge in [-0.25, -0.2) is 0 Å². The monoisotopic (exact) mass is 229 g/mol. The zero-order valence-electron chi connectivity index (χ0n) is 11.2. The van der Waals surface area contributed by atoms with Crippen molar-refractivity contribution in [1.82, 2.24) is 10.6 Å². The second-order valence-corrected chi connectivity index (χ2v) is 4.11. The summed E-state index contributed by atoms with van der Waals surface area (Å²) in [6.45, 7) is 8.95. The maximum atomic E-state index is 5.00. The molecule has 0 spiro atoms. The van der Waals surface area contributed by atoms with Crippen LogP contribution in [-0.2, 0) is 4.74 Å². The number of aliphatic imine (C=N–C) groups is 1. The largest absolute Gasteiger partial charge is 0.385 e. The van der Waals surface area contributed by atoms with Gasteiger partial charge in [0.2, 0.25) is 0 Å². The van der Waals surface area contributed by atoms with E-state index in [1.54, 1.807) is 7.11 Å². The molecule has 4 heteroatoms. The summed E-state index contributed by atoms with van der Waals surface area (Å²) < 4.78 is 5.00. The number of guanidine groups is 1. The fourth-order valence-electron chi connectivity index (χ4n) is 1.32. The van der Waals surface area contributed by atoms with E-state index in [9.17, 15) is 0 Å². The predicted molar refractivity (Wildman–Crippen MR) is 70.0 cm³/mol. The molecule has 0 unspecified atom stereocenters. The van der Waals surface area contributed by atoms with Crippen LogP contribution in [0.1, 0.15) is 40.0 Å². The minimum absolute atomic E-state index is 0.422. The zero-order chi connectivity index (χ0) is 12.2. The highest BCUT2D eigenvalue weighted by molar-refractivity contribution is 5.79. The van der Waals surface area contributed by atoms with Crippen molar-refractivity contribution in [2.75, 3.05) is 26.8 Å². The molecular weight excluding hydrogens is 202 g/mol. The Hall–Kier alpha value is -0.770. The predicted octanol–water partition coefficient (Wildman–Crippen LogP) is 1.77. The molecule has 0 aromatic carbocycles. The summed E-state index contributed by atoms with van der Waals surface area (Å²) in [7, 11) is 1.74. The van der Waals surface area contributed by atoms with E-state index in [0.29, 0.717) is 6.04 Å². The first-order chi connectivity index (χ1) is 7.70. The first-order valence-corrected chi connectivity index (χ1v) is 6.24. The first-order valence-electron chi connectivity index (χ1n) is 6.24. The molecule has 0 heterocycles. The van der Waals surface area contributed by atoms with E-state index in [1.807, 2.05) is 0 Å². The molecule has 0 aromatic heterocycles. The fraction of sp³-hybridized carbons (Fsp3) is 0.917. The Kier molecular flexibility index (Phi) is 10.2. The van der Waals surface area contributed by atoms with E-state index in [0.717, 1.165) is 38.5 Å². The van der Waals surface area contributed by atoms with Crippen molar-refractivity contribution < 1.29 is 4.74 Å². The van der Waals surface area contributed by atoms with Gasteiger partial charge in [-0.05, 0) is 40.0 Å². The van der Waals surface area contributed by atoms with Gasteiger partial charge in [-0.1, -0.05) is 0 Å². The summed E-state index contributed by atoms with van der Waals surface area (Å²) in [6.07, 6.45) is 3.43. The van der Waals surface area contributed by atoms with E-state index in [2.05, 4.69) is 36.4 Å². The molecule has 4 nitrogen and oxygen atoms in total. The van der Waals surface area contributed by atoms with Gasteiger partial charge in [0, 0.05) is 32.8 Å². The zero-order valence-corrected chi connectivity index (χ0v) is 11.2. The first kappa shape index (κ1) is 15.2. The molecular formula is C12H27N3O. The standard InChI is InChI=1S/C12H27N3O/c1-5-13-12(15-11(2)3)14-9-7-6-8-10-16-4/h11H,5-10H2,1-4H3,(H2,13,14,15). The van der Waals surface area contributed by atoms with E-state index in [4.69, 9.17) is 4.74 Å². The number of methoxy groups -OCH3 is 1. The van der Waals surface area contributed by atoms with E-state index < -0.39 is 0 Å². The number of rotatable bonds is 8. The Morgan fingerprint density at radius 2 is 2.00 bits per heavy atom. The van der Waals surface area contributed by atoms with Crippen LogP contribution in [0.4, 0.5) is 0 Å². The molecule has 0 bridgehead atoms. The van der Waals surface area contributed by atoms with Crippen LogP contribution in [0, 0.1) is 0 Å². The maximum Gasteiger partial charge on any atom is 0.191 e. The Morgan fingerprint density at radius 1 is 1.25 bits per heavy atom. The number of ether oxygens (including phenoxy) is 1. The molecule has 0 saturated heterocycles. The molecule has 0 fully saturated rings. The second kappa shape index (κ2) is 10.7. The minimum Gasteiger partial charge on any atom is -0.385 e. The lowest BCUT2D eigenvalue weighted by Gasteiger charge is -2.13. The van der Waals surface area contributed by atoms with E-state index in [-0.39, 0.29) is 0 Å². The van der Waals surface area contributed by atoms with Gasteiger partial charge in [0.25, 0.3) is 0 Å². The van der Waals surface area contributed by atoms with Gasteiger partial charge in [0.1, 0.15) is 0 Å². The molecule has 16 heavy (non-hydrogen) atoms. The molecule has 96 valence electrons. The van der Waals surface area contributed by atoms with Crippen molar-refractivity contribution in [3.05, 3.63) is 0 Å². The Morgan fingerprint density at radius 3 is 2.56 bits per heavy atom. The van der Waals surface area contributed by atoms with Gasteiger partial charge in [-0.2, -0.15) is 0 Å². The second-order valence-electron chi connectivity index (χ2n) is 4.11. The molecule has 0 amide bonds. The summed E-state index contributed by atoms with van der Waals surface area (Å²) in [5, 5.41) is 6.53. The van der Waals surface area contributed by atoms with Crippen LogP contribution in [0.3, 0.4) is 0 Å². The Labute approximate surface area is 99.9 Å². The lowest BCUT2D eigenvalue weighted by Crippen LogP contribution is -2.41. The van der Waals surface area contributed by atoms with Crippen molar-refractivity contribution in [2.24, 2.45) is 4.99 Å². The average Bonchev–Trinajstić information content (AvgIpc) is 2.22. The van der Waals surface area contributed by atoms with Crippen molar-refractivity contribution in [3.63, 3.8) is 0 Å². The normalized spacial score (nSPS) is 11.9. The molecule has 0 rings (SSSR count). The van der Waals surface area contributed by atoms with E-state index >= 15 is 0 Å². The molecule has 0 saturated carbocycles. The number of nitrogens with one attached hydrogen (secondary N) is 2. The average molecular weight is 229 g/mol. The van der Waals surface area contributed by atoms with Gasteiger partial charge >= 0.3 is 0 Å². The van der Waals surface area contributed by atoms with Gasteiger partial charge in [-0.3, -0.25) is 4.99 Å². The van der Waals surface area contributed by atoms with Crippen LogP contribution in [-0.4, -0.2) is 38.8 Å². The number of hydrogen-bond donors (Lipinski definition) is 2. The van der Waals surface area contributed by atoms with Crippen molar-refractivity contribution in [3.8, 4) is 0 Å². The molecule has 0 radical (unpaired) electrons. The highest BCUT2D eigenvalue weighted by Gasteiger charge is 1.98. The number of unbranched alkanes of at least 4 members (excludes halogenated alkanes) is 2. The van der Waals surface area contributed by atoms with Crippen molar-refractivity contribution in [2.45, 2.75) is 46.1 Å².